The zero-order valence-electron chi connectivity index (χ0n) is 9.39. The van der Waals surface area contributed by atoms with Gasteiger partial charge in [0.1, 0.15) is 6.07 Å². The van der Waals surface area contributed by atoms with Crippen LogP contribution in [0.2, 0.25) is 0 Å². The molecule has 0 saturated heterocycles. The average Bonchev–Trinajstić information content (AvgIpc) is 2.34. The van der Waals surface area contributed by atoms with Crippen molar-refractivity contribution in [2.75, 3.05) is 14.2 Å². The molecule has 0 N–H and O–H groups in total. The normalized spacial score (nSPS) is 10.5. The monoisotopic (exact) mass is 232 g/mol. The molecule has 0 aliphatic heterocycles. The molecule has 1 aromatic carbocycles. The highest BCUT2D eigenvalue weighted by Crippen LogP contribution is 2.31. The van der Waals surface area contributed by atoms with Gasteiger partial charge in [0, 0.05) is 5.56 Å². The van der Waals surface area contributed by atoms with Gasteiger partial charge in [0.05, 0.1) is 25.8 Å². The van der Waals surface area contributed by atoms with Crippen LogP contribution in [0.5, 0.6) is 11.5 Å². The summed E-state index contributed by atoms with van der Waals surface area (Å²) in [5, 5.41) is 19.3. The van der Waals surface area contributed by atoms with Gasteiger partial charge in [0.2, 0.25) is 0 Å². The molecule has 5 heteroatoms. The van der Waals surface area contributed by atoms with Crippen LogP contribution in [0, 0.1) is 11.3 Å². The predicted molar refractivity (Wildman–Crippen MR) is 58.1 cm³/mol. The molecule has 0 radical (unpaired) electrons. The minimum atomic E-state index is -1.53. The maximum absolute atomic E-state index is 10.6. The molecule has 0 spiro atoms. The van der Waals surface area contributed by atoms with Crippen molar-refractivity contribution < 1.29 is 19.4 Å². The van der Waals surface area contributed by atoms with Crippen LogP contribution in [-0.4, -0.2) is 20.2 Å². The summed E-state index contributed by atoms with van der Waals surface area (Å²) in [6.45, 7) is 0. The highest BCUT2D eigenvalue weighted by Gasteiger charge is 2.08. The summed E-state index contributed by atoms with van der Waals surface area (Å²) in [6, 6.07) is 6.49. The molecule has 0 atom stereocenters. The highest BCUT2D eigenvalue weighted by atomic mass is 16.5. The first-order chi connectivity index (χ1) is 8.13. The molecule has 0 heterocycles. The number of aliphatic carboxylic acids is 1. The number of nitriles is 1. The van der Waals surface area contributed by atoms with E-state index in [1.54, 1.807) is 24.3 Å². The second-order valence-electron chi connectivity index (χ2n) is 3.04. The number of carboxylic acids is 1. The fraction of sp³-hybridized carbons (Fsp3) is 0.167. The van der Waals surface area contributed by atoms with E-state index >= 15 is 0 Å². The first-order valence-electron chi connectivity index (χ1n) is 4.68. The van der Waals surface area contributed by atoms with Crippen LogP contribution < -0.4 is 14.6 Å². The number of rotatable bonds is 4. The summed E-state index contributed by atoms with van der Waals surface area (Å²) >= 11 is 0. The molecule has 0 amide bonds. The van der Waals surface area contributed by atoms with E-state index in [2.05, 4.69) is 0 Å². The first-order valence-corrected chi connectivity index (χ1v) is 4.68. The first kappa shape index (κ1) is 12.6. The van der Waals surface area contributed by atoms with Gasteiger partial charge >= 0.3 is 0 Å². The maximum Gasteiger partial charge on any atom is 0.167 e. The molecule has 0 bridgehead atoms. The van der Waals surface area contributed by atoms with Crippen molar-refractivity contribution in [1.82, 2.24) is 0 Å². The predicted octanol–water partition coefficient (Wildman–Crippen LogP) is 0.361. The van der Waals surface area contributed by atoms with Crippen molar-refractivity contribution in [2.45, 2.75) is 0 Å². The average molecular weight is 232 g/mol. The smallest absolute Gasteiger partial charge is 0.167 e. The van der Waals surface area contributed by atoms with Crippen LogP contribution in [0.1, 0.15) is 5.56 Å². The zero-order valence-corrected chi connectivity index (χ0v) is 9.39. The SMILES string of the molecule is COc1cccc(/C=C(\C#N)C(=O)[O-])c1OC. The molecular formula is C12H10NO4-. The summed E-state index contributed by atoms with van der Waals surface area (Å²) in [4.78, 5) is 10.6. The van der Waals surface area contributed by atoms with Crippen LogP contribution in [0.3, 0.4) is 0 Å². The van der Waals surface area contributed by atoms with Gasteiger partial charge in [0.15, 0.2) is 11.5 Å². The molecule has 0 aromatic heterocycles. The van der Waals surface area contributed by atoms with Gasteiger partial charge in [-0.1, -0.05) is 12.1 Å². The molecule has 17 heavy (non-hydrogen) atoms. The minimum Gasteiger partial charge on any atom is -0.544 e. The lowest BCUT2D eigenvalue weighted by Crippen LogP contribution is -2.23. The number of nitrogens with zero attached hydrogens (tertiary/aromatic N) is 1. The quantitative estimate of drug-likeness (QED) is 0.553. The third kappa shape index (κ3) is 2.75. The van der Waals surface area contributed by atoms with Crippen LogP contribution in [-0.2, 0) is 4.79 Å². The Morgan fingerprint density at radius 1 is 1.41 bits per heavy atom. The molecule has 0 unspecified atom stereocenters. The number of hydrogen-bond donors (Lipinski definition) is 0. The summed E-state index contributed by atoms with van der Waals surface area (Å²) in [6.07, 6.45) is 1.18. The topological polar surface area (TPSA) is 82.4 Å². The second-order valence-corrected chi connectivity index (χ2v) is 3.04. The summed E-state index contributed by atoms with van der Waals surface area (Å²) in [5.41, 5.74) is -0.0378. The maximum atomic E-state index is 10.6. The molecule has 1 rings (SSSR count). The lowest BCUT2D eigenvalue weighted by Gasteiger charge is -2.10. The van der Waals surface area contributed by atoms with Crippen molar-refractivity contribution in [2.24, 2.45) is 0 Å². The Kier molecular flexibility index (Phi) is 4.12. The minimum absolute atomic E-state index is 0.365. The Bertz CT molecular complexity index is 500. The Morgan fingerprint density at radius 2 is 2.12 bits per heavy atom. The van der Waals surface area contributed by atoms with Crippen LogP contribution >= 0.6 is 0 Å². The summed E-state index contributed by atoms with van der Waals surface area (Å²) in [7, 11) is 2.90. The molecule has 1 aromatic rings. The molecule has 0 aliphatic rings. The fourth-order valence-corrected chi connectivity index (χ4v) is 1.32. The molecule has 0 fully saturated rings. The van der Waals surface area contributed by atoms with Crippen LogP contribution in [0.4, 0.5) is 0 Å². The van der Waals surface area contributed by atoms with E-state index in [0.29, 0.717) is 17.1 Å². The van der Waals surface area contributed by atoms with Gasteiger partial charge in [0.25, 0.3) is 0 Å². The van der Waals surface area contributed by atoms with Gasteiger partial charge in [-0.05, 0) is 12.1 Å². The Morgan fingerprint density at radius 3 is 2.59 bits per heavy atom. The van der Waals surface area contributed by atoms with E-state index < -0.39 is 11.5 Å². The number of carboxylic acid groups (broad SMARTS) is 1. The lowest BCUT2D eigenvalue weighted by atomic mass is 10.1. The molecular weight excluding hydrogens is 222 g/mol. The Hall–Kier alpha value is -2.48. The molecule has 5 nitrogen and oxygen atoms in total. The third-order valence-corrected chi connectivity index (χ3v) is 2.07. The highest BCUT2D eigenvalue weighted by molar-refractivity contribution is 5.95. The van der Waals surface area contributed by atoms with E-state index in [9.17, 15) is 9.90 Å². The second kappa shape index (κ2) is 5.56. The number of methoxy groups -OCH3 is 2. The zero-order chi connectivity index (χ0) is 12.8. The van der Waals surface area contributed by atoms with Gasteiger partial charge in [-0.25, -0.2) is 0 Å². The Labute approximate surface area is 98.5 Å². The summed E-state index contributed by atoms with van der Waals surface area (Å²) < 4.78 is 10.2. The Balaban J connectivity index is 3.32. The van der Waals surface area contributed by atoms with Crippen LogP contribution in [0.25, 0.3) is 6.08 Å². The van der Waals surface area contributed by atoms with Gasteiger partial charge < -0.3 is 19.4 Å². The number of ether oxygens (including phenoxy) is 2. The largest absolute Gasteiger partial charge is 0.544 e. The number of benzene rings is 1. The van der Waals surface area contributed by atoms with E-state index in [1.165, 1.54) is 20.3 Å². The van der Waals surface area contributed by atoms with Crippen molar-refractivity contribution >= 4 is 12.0 Å². The van der Waals surface area contributed by atoms with Gasteiger partial charge in [-0.15, -0.1) is 0 Å². The number of carbonyl (C=O) groups excluding carboxylic acids is 1. The van der Waals surface area contributed by atoms with E-state index in [0.717, 1.165) is 0 Å². The fourth-order valence-electron chi connectivity index (χ4n) is 1.32. The van der Waals surface area contributed by atoms with Crippen molar-refractivity contribution in [3.8, 4) is 17.6 Å². The molecule has 0 saturated carbocycles. The standard InChI is InChI=1S/C12H11NO4/c1-16-10-5-3-4-8(11(10)17-2)6-9(7-13)12(14)15/h3-6H,1-2H3,(H,14,15)/p-1/b9-6+. The van der Waals surface area contributed by atoms with Crippen LogP contribution in [0.15, 0.2) is 23.8 Å². The number of hydrogen-bond acceptors (Lipinski definition) is 5. The summed E-state index contributed by atoms with van der Waals surface area (Å²) in [5.74, 6) is -0.710. The van der Waals surface area contributed by atoms with E-state index in [-0.39, 0.29) is 0 Å². The third-order valence-electron chi connectivity index (χ3n) is 2.07. The van der Waals surface area contributed by atoms with E-state index in [1.807, 2.05) is 0 Å². The van der Waals surface area contributed by atoms with Gasteiger partial charge in [-0.3, -0.25) is 0 Å². The molecule has 88 valence electrons. The number of para-hydroxylation sites is 1. The van der Waals surface area contributed by atoms with Crippen molar-refractivity contribution in [3.63, 3.8) is 0 Å². The van der Waals surface area contributed by atoms with E-state index in [4.69, 9.17) is 14.7 Å². The number of carbonyl (C=O) groups is 1. The van der Waals surface area contributed by atoms with Crippen molar-refractivity contribution in [1.29, 1.82) is 5.26 Å². The van der Waals surface area contributed by atoms with Crippen molar-refractivity contribution in [3.05, 3.63) is 29.3 Å². The lowest BCUT2D eigenvalue weighted by molar-refractivity contribution is -0.298. The molecule has 0 aliphatic carbocycles. The van der Waals surface area contributed by atoms with Gasteiger partial charge in [-0.2, -0.15) is 5.26 Å².